The Morgan fingerprint density at radius 2 is 2.00 bits per heavy atom. The van der Waals surface area contributed by atoms with Crippen molar-refractivity contribution < 1.29 is 19.8 Å². The summed E-state index contributed by atoms with van der Waals surface area (Å²) in [4.78, 5) is 23.9. The molecule has 0 aliphatic carbocycles. The number of rotatable bonds is 8. The van der Waals surface area contributed by atoms with Gasteiger partial charge in [0.2, 0.25) is 0 Å². The number of aromatic carboxylic acids is 1. The molecule has 20 heavy (non-hydrogen) atoms. The summed E-state index contributed by atoms with van der Waals surface area (Å²) >= 11 is 0. The maximum Gasteiger partial charge on any atom is 0.335 e. The van der Waals surface area contributed by atoms with E-state index in [2.05, 4.69) is 0 Å². The average Bonchev–Trinajstić information content (AvgIpc) is 2.39. The van der Waals surface area contributed by atoms with Crippen LogP contribution in [0.25, 0.3) is 0 Å². The van der Waals surface area contributed by atoms with Crippen LogP contribution in [0, 0.1) is 5.92 Å². The van der Waals surface area contributed by atoms with Crippen molar-refractivity contribution in [3.63, 3.8) is 0 Å². The van der Waals surface area contributed by atoms with E-state index in [4.69, 9.17) is 10.2 Å². The van der Waals surface area contributed by atoms with Crippen molar-refractivity contribution in [2.75, 3.05) is 13.1 Å². The van der Waals surface area contributed by atoms with Crippen LogP contribution >= 0.6 is 0 Å². The van der Waals surface area contributed by atoms with Crippen molar-refractivity contribution >= 4 is 11.9 Å². The normalized spacial score (nSPS) is 12.3. The zero-order valence-corrected chi connectivity index (χ0v) is 11.9. The van der Waals surface area contributed by atoms with Crippen molar-refractivity contribution in [1.29, 1.82) is 0 Å². The first-order valence-electron chi connectivity index (χ1n) is 6.71. The molecule has 5 heteroatoms. The van der Waals surface area contributed by atoms with Gasteiger partial charge in [-0.05, 0) is 30.7 Å². The minimum Gasteiger partial charge on any atom is -0.481 e. The summed E-state index contributed by atoms with van der Waals surface area (Å²) in [6.07, 6.45) is 0.922. The number of benzene rings is 1. The fraction of sp³-hybridized carbons (Fsp3) is 0.467. The number of aliphatic carboxylic acids is 1. The highest BCUT2D eigenvalue weighted by molar-refractivity contribution is 5.87. The van der Waals surface area contributed by atoms with Crippen molar-refractivity contribution in [3.8, 4) is 0 Å². The third-order valence-electron chi connectivity index (χ3n) is 3.07. The molecule has 1 atom stereocenters. The molecule has 0 saturated carbocycles. The monoisotopic (exact) mass is 279 g/mol. The van der Waals surface area contributed by atoms with Crippen LogP contribution in [0.15, 0.2) is 24.3 Å². The van der Waals surface area contributed by atoms with Crippen molar-refractivity contribution in [1.82, 2.24) is 4.90 Å². The molecule has 110 valence electrons. The molecule has 0 heterocycles. The zero-order valence-electron chi connectivity index (χ0n) is 11.9. The van der Waals surface area contributed by atoms with Gasteiger partial charge >= 0.3 is 11.9 Å². The zero-order chi connectivity index (χ0) is 15.1. The summed E-state index contributed by atoms with van der Waals surface area (Å²) in [5.74, 6) is -2.21. The Kier molecular flexibility index (Phi) is 6.18. The number of carboxylic acids is 2. The Morgan fingerprint density at radius 1 is 1.30 bits per heavy atom. The fourth-order valence-electron chi connectivity index (χ4n) is 2.08. The highest BCUT2D eigenvalue weighted by Crippen LogP contribution is 2.11. The third kappa shape index (κ3) is 5.01. The predicted molar refractivity (Wildman–Crippen MR) is 75.8 cm³/mol. The quantitative estimate of drug-likeness (QED) is 0.763. The van der Waals surface area contributed by atoms with Crippen LogP contribution in [0.4, 0.5) is 0 Å². The van der Waals surface area contributed by atoms with Gasteiger partial charge in [0.25, 0.3) is 0 Å². The lowest BCUT2D eigenvalue weighted by atomic mass is 10.1. The van der Waals surface area contributed by atoms with Gasteiger partial charge < -0.3 is 10.2 Å². The van der Waals surface area contributed by atoms with E-state index in [-0.39, 0.29) is 5.56 Å². The van der Waals surface area contributed by atoms with E-state index < -0.39 is 17.9 Å². The van der Waals surface area contributed by atoms with Crippen molar-refractivity contribution in [2.24, 2.45) is 5.92 Å². The molecule has 0 fully saturated rings. The van der Waals surface area contributed by atoms with Crippen LogP contribution in [0.1, 0.15) is 36.2 Å². The highest BCUT2D eigenvalue weighted by atomic mass is 16.4. The van der Waals surface area contributed by atoms with Gasteiger partial charge in [-0.25, -0.2) is 4.79 Å². The Morgan fingerprint density at radius 3 is 2.55 bits per heavy atom. The van der Waals surface area contributed by atoms with Crippen LogP contribution < -0.4 is 0 Å². The molecule has 0 aliphatic heterocycles. The van der Waals surface area contributed by atoms with Crippen molar-refractivity contribution in [2.45, 2.75) is 26.8 Å². The summed E-state index contributed by atoms with van der Waals surface area (Å²) in [5.41, 5.74) is 1.14. The topological polar surface area (TPSA) is 77.8 Å². The SMILES string of the molecule is CCCN(Cc1cccc(C(=O)O)c1)CC(C)C(=O)O. The minimum absolute atomic E-state index is 0.255. The minimum atomic E-state index is -0.951. The average molecular weight is 279 g/mol. The van der Waals surface area contributed by atoms with Crippen LogP contribution in [0.2, 0.25) is 0 Å². The molecule has 0 spiro atoms. The van der Waals surface area contributed by atoms with E-state index in [1.165, 1.54) is 0 Å². The summed E-state index contributed by atoms with van der Waals surface area (Å²) in [6, 6.07) is 6.76. The van der Waals surface area contributed by atoms with E-state index in [1.54, 1.807) is 25.1 Å². The lowest BCUT2D eigenvalue weighted by Gasteiger charge is -2.23. The second-order valence-corrected chi connectivity index (χ2v) is 4.98. The number of carbonyl (C=O) groups is 2. The van der Waals surface area contributed by atoms with Crippen LogP contribution in [0.3, 0.4) is 0 Å². The maximum absolute atomic E-state index is 10.9. The van der Waals surface area contributed by atoms with E-state index in [0.717, 1.165) is 18.5 Å². The summed E-state index contributed by atoms with van der Waals surface area (Å²) < 4.78 is 0. The summed E-state index contributed by atoms with van der Waals surface area (Å²) in [6.45, 7) is 5.52. The Labute approximate surface area is 118 Å². The molecule has 0 amide bonds. The van der Waals surface area contributed by atoms with Crippen molar-refractivity contribution in [3.05, 3.63) is 35.4 Å². The van der Waals surface area contributed by atoms with Gasteiger partial charge in [-0.2, -0.15) is 0 Å². The lowest BCUT2D eigenvalue weighted by Crippen LogP contribution is -2.32. The number of nitrogens with zero attached hydrogens (tertiary/aromatic N) is 1. The Bertz CT molecular complexity index is 473. The lowest BCUT2D eigenvalue weighted by molar-refractivity contribution is -0.141. The second-order valence-electron chi connectivity index (χ2n) is 4.98. The van der Waals surface area contributed by atoms with E-state index in [1.807, 2.05) is 17.9 Å². The van der Waals surface area contributed by atoms with Gasteiger partial charge in [0.15, 0.2) is 0 Å². The largest absolute Gasteiger partial charge is 0.481 e. The molecular weight excluding hydrogens is 258 g/mol. The molecule has 0 saturated heterocycles. The van der Waals surface area contributed by atoms with Crippen LogP contribution in [-0.4, -0.2) is 40.1 Å². The molecule has 0 aliphatic rings. The first-order chi connectivity index (χ1) is 9.43. The smallest absolute Gasteiger partial charge is 0.335 e. The Balaban J connectivity index is 2.76. The number of hydrogen-bond donors (Lipinski definition) is 2. The molecule has 0 radical (unpaired) electrons. The fourth-order valence-corrected chi connectivity index (χ4v) is 2.08. The van der Waals surface area contributed by atoms with E-state index in [0.29, 0.717) is 13.1 Å². The predicted octanol–water partition coefficient (Wildman–Crippen LogP) is 2.32. The van der Waals surface area contributed by atoms with Crippen LogP contribution in [0.5, 0.6) is 0 Å². The maximum atomic E-state index is 10.9. The highest BCUT2D eigenvalue weighted by Gasteiger charge is 2.16. The molecule has 2 N–H and O–H groups in total. The first-order valence-corrected chi connectivity index (χ1v) is 6.71. The van der Waals surface area contributed by atoms with Gasteiger partial charge in [-0.1, -0.05) is 26.0 Å². The molecule has 0 bridgehead atoms. The molecule has 1 rings (SSSR count). The standard InChI is InChI=1S/C15H21NO4/c1-3-7-16(9-11(2)14(17)18)10-12-5-4-6-13(8-12)15(19)20/h4-6,8,11H,3,7,9-10H2,1-2H3,(H,17,18)(H,19,20). The Hall–Kier alpha value is -1.88. The van der Waals surface area contributed by atoms with Gasteiger partial charge in [0.1, 0.15) is 0 Å². The molecule has 5 nitrogen and oxygen atoms in total. The molecule has 1 aromatic carbocycles. The molecule has 0 aromatic heterocycles. The summed E-state index contributed by atoms with van der Waals surface area (Å²) in [5, 5.41) is 18.0. The summed E-state index contributed by atoms with van der Waals surface area (Å²) in [7, 11) is 0. The van der Waals surface area contributed by atoms with Gasteiger partial charge in [-0.3, -0.25) is 9.69 Å². The third-order valence-corrected chi connectivity index (χ3v) is 3.07. The first kappa shape index (κ1) is 16.2. The number of hydrogen-bond acceptors (Lipinski definition) is 3. The van der Waals surface area contributed by atoms with E-state index in [9.17, 15) is 9.59 Å². The van der Waals surface area contributed by atoms with Gasteiger partial charge in [0, 0.05) is 13.1 Å². The molecular formula is C15H21NO4. The molecule has 1 aromatic rings. The van der Waals surface area contributed by atoms with E-state index >= 15 is 0 Å². The van der Waals surface area contributed by atoms with Crippen LogP contribution in [-0.2, 0) is 11.3 Å². The van der Waals surface area contributed by atoms with Gasteiger partial charge in [0.05, 0.1) is 11.5 Å². The second kappa shape index (κ2) is 7.65. The molecule has 1 unspecified atom stereocenters. The number of carboxylic acid groups (broad SMARTS) is 2. The van der Waals surface area contributed by atoms with Gasteiger partial charge in [-0.15, -0.1) is 0 Å².